The maximum atomic E-state index is 9.49. The lowest BCUT2D eigenvalue weighted by atomic mass is 9.90. The maximum Gasteiger partial charge on any atom is 0.0584 e. The highest BCUT2D eigenvalue weighted by molar-refractivity contribution is 4.83. The van der Waals surface area contributed by atoms with Crippen molar-refractivity contribution in [1.82, 2.24) is 10.2 Å². The second-order valence-corrected chi connectivity index (χ2v) is 6.67. The van der Waals surface area contributed by atoms with Crippen molar-refractivity contribution in [3.63, 3.8) is 0 Å². The third kappa shape index (κ3) is 6.24. The van der Waals surface area contributed by atoms with Gasteiger partial charge >= 0.3 is 0 Å². The first-order valence-corrected chi connectivity index (χ1v) is 8.16. The molecule has 0 spiro atoms. The molecule has 3 nitrogen and oxygen atoms in total. The summed E-state index contributed by atoms with van der Waals surface area (Å²) in [5, 5.41) is 13.1. The number of hydrogen-bond acceptors (Lipinski definition) is 3. The smallest absolute Gasteiger partial charge is 0.0584 e. The van der Waals surface area contributed by atoms with Crippen molar-refractivity contribution < 1.29 is 5.11 Å². The topological polar surface area (TPSA) is 35.5 Å². The lowest BCUT2D eigenvalue weighted by molar-refractivity contribution is 0.134. The summed E-state index contributed by atoms with van der Waals surface area (Å²) in [6.45, 7) is 13.0. The van der Waals surface area contributed by atoms with Crippen molar-refractivity contribution >= 4 is 0 Å². The minimum atomic E-state index is 0.258. The van der Waals surface area contributed by atoms with Gasteiger partial charge < -0.3 is 15.3 Å². The molecule has 0 radical (unpaired) electrons. The second kappa shape index (κ2) is 8.93. The second-order valence-electron chi connectivity index (χ2n) is 6.67. The van der Waals surface area contributed by atoms with Gasteiger partial charge in [-0.15, -0.1) is 0 Å². The molecule has 3 heteroatoms. The van der Waals surface area contributed by atoms with Gasteiger partial charge in [0.25, 0.3) is 0 Å². The van der Waals surface area contributed by atoms with Crippen LogP contribution in [0.2, 0.25) is 0 Å². The predicted molar refractivity (Wildman–Crippen MR) is 82.4 cm³/mol. The first-order valence-electron chi connectivity index (χ1n) is 8.16. The molecule has 114 valence electrons. The van der Waals surface area contributed by atoms with Crippen molar-refractivity contribution in [3.05, 3.63) is 0 Å². The highest BCUT2D eigenvalue weighted by atomic mass is 16.3. The number of nitrogens with one attached hydrogen (secondary N) is 1. The van der Waals surface area contributed by atoms with Crippen molar-refractivity contribution in [2.75, 3.05) is 26.2 Å². The molecule has 1 aliphatic rings. The van der Waals surface area contributed by atoms with E-state index in [1.807, 2.05) is 0 Å². The fourth-order valence-electron chi connectivity index (χ4n) is 3.29. The molecule has 0 bridgehead atoms. The average molecular weight is 270 g/mol. The number of aliphatic hydroxyl groups is 1. The van der Waals surface area contributed by atoms with E-state index >= 15 is 0 Å². The van der Waals surface area contributed by atoms with E-state index in [4.69, 9.17) is 0 Å². The summed E-state index contributed by atoms with van der Waals surface area (Å²) in [5.41, 5.74) is 0. The van der Waals surface area contributed by atoms with Gasteiger partial charge in [0.2, 0.25) is 0 Å². The molecule has 0 saturated carbocycles. The normalized spacial score (nSPS) is 24.6. The van der Waals surface area contributed by atoms with Crippen molar-refractivity contribution in [1.29, 1.82) is 0 Å². The number of nitrogens with zero attached hydrogens (tertiary/aromatic N) is 1. The lowest BCUT2D eigenvalue weighted by Gasteiger charge is -2.37. The molecule has 3 unspecified atom stereocenters. The van der Waals surface area contributed by atoms with E-state index < -0.39 is 0 Å². The van der Waals surface area contributed by atoms with Gasteiger partial charge in [0.1, 0.15) is 0 Å². The summed E-state index contributed by atoms with van der Waals surface area (Å²) in [5.74, 6) is 1.38. The number of hydrogen-bond donors (Lipinski definition) is 2. The number of aliphatic hydroxyl groups excluding tert-OH is 1. The summed E-state index contributed by atoms with van der Waals surface area (Å²) in [6, 6.07) is 0.770. The molecule has 3 atom stereocenters. The van der Waals surface area contributed by atoms with Gasteiger partial charge in [-0.25, -0.2) is 0 Å². The Hall–Kier alpha value is -0.120. The zero-order chi connectivity index (χ0) is 14.3. The zero-order valence-electron chi connectivity index (χ0n) is 13.4. The highest BCUT2D eigenvalue weighted by Crippen LogP contribution is 2.20. The van der Waals surface area contributed by atoms with E-state index in [2.05, 4.69) is 37.9 Å². The largest absolute Gasteiger partial charge is 0.395 e. The predicted octanol–water partition coefficient (Wildman–Crippen LogP) is 2.49. The SMILES string of the molecule is CCCN1CCCC(C(C)NC(CO)CC(C)C)C1. The Bertz CT molecular complexity index is 231. The van der Waals surface area contributed by atoms with Crippen LogP contribution in [0.15, 0.2) is 0 Å². The highest BCUT2D eigenvalue weighted by Gasteiger charge is 2.25. The van der Waals surface area contributed by atoms with Crippen molar-refractivity contribution in [2.45, 2.75) is 65.5 Å². The molecule has 1 fully saturated rings. The Labute approximate surface area is 119 Å². The third-order valence-corrected chi connectivity index (χ3v) is 4.26. The molecule has 0 aromatic heterocycles. The standard InChI is InChI=1S/C16H34N2O/c1-5-8-18-9-6-7-15(11-18)14(4)17-16(12-19)10-13(2)3/h13-17,19H,5-12H2,1-4H3. The number of likely N-dealkylation sites (tertiary alicyclic amines) is 1. The van der Waals surface area contributed by atoms with Gasteiger partial charge in [-0.3, -0.25) is 0 Å². The van der Waals surface area contributed by atoms with Gasteiger partial charge in [-0.2, -0.15) is 0 Å². The Balaban J connectivity index is 2.40. The van der Waals surface area contributed by atoms with Crippen LogP contribution in [0.25, 0.3) is 0 Å². The van der Waals surface area contributed by atoms with Crippen LogP contribution in [-0.4, -0.2) is 48.3 Å². The monoisotopic (exact) mass is 270 g/mol. The van der Waals surface area contributed by atoms with E-state index in [0.717, 1.165) is 12.3 Å². The fourth-order valence-corrected chi connectivity index (χ4v) is 3.29. The first-order chi connectivity index (χ1) is 9.06. The van der Waals surface area contributed by atoms with Crippen molar-refractivity contribution in [3.8, 4) is 0 Å². The van der Waals surface area contributed by atoms with Gasteiger partial charge in [0, 0.05) is 18.6 Å². The summed E-state index contributed by atoms with van der Waals surface area (Å²) in [7, 11) is 0. The molecule has 2 N–H and O–H groups in total. The van der Waals surface area contributed by atoms with Crippen molar-refractivity contribution in [2.24, 2.45) is 11.8 Å². The van der Waals surface area contributed by atoms with Crippen LogP contribution in [0.4, 0.5) is 0 Å². The number of rotatable bonds is 8. The molecule has 0 amide bonds. The van der Waals surface area contributed by atoms with Gasteiger partial charge in [-0.1, -0.05) is 20.8 Å². The Morgan fingerprint density at radius 2 is 2.05 bits per heavy atom. The molecule has 1 heterocycles. The Morgan fingerprint density at radius 3 is 2.63 bits per heavy atom. The first kappa shape index (κ1) is 16.9. The summed E-state index contributed by atoms with van der Waals surface area (Å²) < 4.78 is 0. The van der Waals surface area contributed by atoms with Gasteiger partial charge in [0.15, 0.2) is 0 Å². The summed E-state index contributed by atoms with van der Waals surface area (Å²) in [4.78, 5) is 2.60. The van der Waals surface area contributed by atoms with Crippen LogP contribution in [0.1, 0.15) is 53.4 Å². The fraction of sp³-hybridized carbons (Fsp3) is 1.00. The lowest BCUT2D eigenvalue weighted by Crippen LogP contribution is -2.48. The minimum Gasteiger partial charge on any atom is -0.395 e. The molecule has 0 aromatic carbocycles. The van der Waals surface area contributed by atoms with Crippen LogP contribution in [0.3, 0.4) is 0 Å². The van der Waals surface area contributed by atoms with Gasteiger partial charge in [-0.05, 0) is 57.5 Å². The van der Waals surface area contributed by atoms with Crippen LogP contribution < -0.4 is 5.32 Å². The molecular weight excluding hydrogens is 236 g/mol. The Kier molecular flexibility index (Phi) is 7.96. The third-order valence-electron chi connectivity index (χ3n) is 4.26. The zero-order valence-corrected chi connectivity index (χ0v) is 13.4. The van der Waals surface area contributed by atoms with Crippen LogP contribution in [0, 0.1) is 11.8 Å². The molecule has 0 aromatic rings. The molecular formula is C16H34N2O. The quantitative estimate of drug-likeness (QED) is 0.711. The molecule has 1 aliphatic heterocycles. The van der Waals surface area contributed by atoms with Crippen LogP contribution in [-0.2, 0) is 0 Å². The van der Waals surface area contributed by atoms with Gasteiger partial charge in [0.05, 0.1) is 6.61 Å². The minimum absolute atomic E-state index is 0.258. The molecule has 19 heavy (non-hydrogen) atoms. The average Bonchev–Trinajstić information content (AvgIpc) is 2.38. The van der Waals surface area contributed by atoms with E-state index in [1.165, 1.54) is 38.9 Å². The maximum absolute atomic E-state index is 9.49. The summed E-state index contributed by atoms with van der Waals surface area (Å²) >= 11 is 0. The Morgan fingerprint density at radius 1 is 1.32 bits per heavy atom. The summed E-state index contributed by atoms with van der Waals surface area (Å²) in [6.07, 6.45) is 4.96. The van der Waals surface area contributed by atoms with E-state index in [1.54, 1.807) is 0 Å². The number of piperidine rings is 1. The molecule has 1 saturated heterocycles. The van der Waals surface area contributed by atoms with E-state index in [9.17, 15) is 5.11 Å². The van der Waals surface area contributed by atoms with E-state index in [-0.39, 0.29) is 12.6 Å². The van der Waals surface area contributed by atoms with Crippen LogP contribution >= 0.6 is 0 Å². The van der Waals surface area contributed by atoms with E-state index in [0.29, 0.717) is 12.0 Å². The molecule has 1 rings (SSSR count). The van der Waals surface area contributed by atoms with Crippen LogP contribution in [0.5, 0.6) is 0 Å². The molecule has 0 aliphatic carbocycles.